The number of ether oxygens (including phenoxy) is 1. The first-order valence-electron chi connectivity index (χ1n) is 11.9. The second-order valence-electron chi connectivity index (χ2n) is 10.3. The van der Waals surface area contributed by atoms with Crippen LogP contribution in [0.2, 0.25) is 0 Å². The zero-order chi connectivity index (χ0) is 22.9. The summed E-state index contributed by atoms with van der Waals surface area (Å²) in [5.41, 5.74) is 0.577. The second kappa shape index (κ2) is 9.22. The molecule has 0 unspecified atom stereocenters. The number of piperidine rings is 2. The molecule has 0 aliphatic carbocycles. The zero-order valence-corrected chi connectivity index (χ0v) is 19.5. The number of hydrogen-bond acceptors (Lipinski definition) is 5. The molecule has 0 bridgehead atoms. The van der Waals surface area contributed by atoms with Crippen molar-refractivity contribution in [3.05, 3.63) is 35.4 Å². The summed E-state index contributed by atoms with van der Waals surface area (Å²) in [6.45, 7) is 10.4. The number of nitrogens with zero attached hydrogens (tertiary/aromatic N) is 3. The van der Waals surface area contributed by atoms with Crippen molar-refractivity contribution in [2.24, 2.45) is 11.8 Å². The molecule has 7 heteroatoms. The maximum atomic E-state index is 12.6. The molecule has 3 heterocycles. The third kappa shape index (κ3) is 4.98. The molecule has 0 aromatic heterocycles. The van der Waals surface area contributed by atoms with E-state index in [1.54, 1.807) is 24.3 Å². The minimum absolute atomic E-state index is 0.173. The van der Waals surface area contributed by atoms with E-state index in [-0.39, 0.29) is 17.9 Å². The Bertz CT molecular complexity index is 835. The SMILES string of the molecule is CC(C)(C)OC(=O)N1CCC([C@H]2CCCN(CCN3C(=O)c4ccccc4C3=O)C2)CC1. The summed E-state index contributed by atoms with van der Waals surface area (Å²) in [6.07, 6.45) is 4.16. The molecule has 1 aromatic rings. The van der Waals surface area contributed by atoms with Crippen LogP contribution in [0.25, 0.3) is 0 Å². The minimum atomic E-state index is -0.461. The minimum Gasteiger partial charge on any atom is -0.444 e. The van der Waals surface area contributed by atoms with Gasteiger partial charge in [-0.3, -0.25) is 14.5 Å². The molecule has 0 saturated carbocycles. The van der Waals surface area contributed by atoms with Crippen molar-refractivity contribution in [3.63, 3.8) is 0 Å². The highest BCUT2D eigenvalue weighted by Crippen LogP contribution is 2.32. The summed E-state index contributed by atoms with van der Waals surface area (Å²) in [5, 5.41) is 0. The van der Waals surface area contributed by atoms with Crippen LogP contribution in [0.1, 0.15) is 67.2 Å². The molecule has 7 nitrogen and oxygen atoms in total. The van der Waals surface area contributed by atoms with E-state index in [0.717, 1.165) is 52.0 Å². The lowest BCUT2D eigenvalue weighted by atomic mass is 9.80. The fourth-order valence-corrected chi connectivity index (χ4v) is 5.24. The number of hydrogen-bond donors (Lipinski definition) is 0. The Labute approximate surface area is 190 Å². The van der Waals surface area contributed by atoms with Crippen LogP contribution < -0.4 is 0 Å². The largest absolute Gasteiger partial charge is 0.444 e. The number of carbonyl (C=O) groups is 3. The summed E-state index contributed by atoms with van der Waals surface area (Å²) < 4.78 is 5.52. The fraction of sp³-hybridized carbons (Fsp3) is 0.640. The van der Waals surface area contributed by atoms with Gasteiger partial charge >= 0.3 is 6.09 Å². The molecular formula is C25H35N3O4. The van der Waals surface area contributed by atoms with E-state index in [4.69, 9.17) is 4.74 Å². The van der Waals surface area contributed by atoms with Gasteiger partial charge in [-0.15, -0.1) is 0 Å². The number of imide groups is 1. The quantitative estimate of drug-likeness (QED) is 0.667. The molecule has 0 radical (unpaired) electrons. The molecule has 0 spiro atoms. The van der Waals surface area contributed by atoms with Gasteiger partial charge in [0.05, 0.1) is 11.1 Å². The standard InChI is InChI=1S/C25H35N3O4/c1-25(2,3)32-24(31)27-13-10-18(11-14-27)19-7-6-12-26(17-19)15-16-28-22(29)20-8-4-5-9-21(20)23(28)30/h4-5,8-9,18-19H,6-7,10-17H2,1-3H3/t19-/m0/s1. The fourth-order valence-electron chi connectivity index (χ4n) is 5.24. The van der Waals surface area contributed by atoms with E-state index in [1.165, 1.54) is 11.3 Å². The molecule has 3 aliphatic rings. The molecule has 3 amide bonds. The van der Waals surface area contributed by atoms with E-state index in [1.807, 2.05) is 25.7 Å². The first-order valence-corrected chi connectivity index (χ1v) is 11.9. The van der Waals surface area contributed by atoms with Crippen LogP contribution in [-0.4, -0.2) is 77.5 Å². The monoisotopic (exact) mass is 441 g/mol. The van der Waals surface area contributed by atoms with E-state index < -0.39 is 5.60 Å². The second-order valence-corrected chi connectivity index (χ2v) is 10.3. The van der Waals surface area contributed by atoms with E-state index in [9.17, 15) is 14.4 Å². The molecule has 4 rings (SSSR count). The number of rotatable bonds is 4. The van der Waals surface area contributed by atoms with Crippen LogP contribution in [0.5, 0.6) is 0 Å². The molecule has 32 heavy (non-hydrogen) atoms. The number of fused-ring (bicyclic) bond motifs is 1. The van der Waals surface area contributed by atoms with Crippen LogP contribution >= 0.6 is 0 Å². The maximum Gasteiger partial charge on any atom is 0.410 e. The normalized spacial score (nSPS) is 22.9. The van der Waals surface area contributed by atoms with Crippen molar-refractivity contribution in [2.75, 3.05) is 39.3 Å². The van der Waals surface area contributed by atoms with Crippen molar-refractivity contribution >= 4 is 17.9 Å². The van der Waals surface area contributed by atoms with Crippen LogP contribution in [0.3, 0.4) is 0 Å². The van der Waals surface area contributed by atoms with Gasteiger partial charge in [0.15, 0.2) is 0 Å². The summed E-state index contributed by atoms with van der Waals surface area (Å²) in [7, 11) is 0. The third-order valence-electron chi connectivity index (χ3n) is 6.92. The molecule has 1 aromatic carbocycles. The number of amides is 3. The smallest absolute Gasteiger partial charge is 0.410 e. The van der Waals surface area contributed by atoms with Gasteiger partial charge in [-0.05, 0) is 77.0 Å². The van der Waals surface area contributed by atoms with Gasteiger partial charge in [0, 0.05) is 32.7 Å². The van der Waals surface area contributed by atoms with Gasteiger partial charge in [0.25, 0.3) is 11.8 Å². The summed E-state index contributed by atoms with van der Waals surface area (Å²) in [4.78, 5) is 43.2. The lowest BCUT2D eigenvalue weighted by Gasteiger charge is -2.41. The van der Waals surface area contributed by atoms with Crippen LogP contribution in [-0.2, 0) is 4.74 Å². The molecular weight excluding hydrogens is 406 g/mol. The highest BCUT2D eigenvalue weighted by atomic mass is 16.6. The van der Waals surface area contributed by atoms with Gasteiger partial charge in [-0.2, -0.15) is 0 Å². The lowest BCUT2D eigenvalue weighted by Crippen LogP contribution is -2.47. The zero-order valence-electron chi connectivity index (χ0n) is 19.5. The Hall–Kier alpha value is -2.41. The molecule has 2 saturated heterocycles. The van der Waals surface area contributed by atoms with Gasteiger partial charge in [-0.25, -0.2) is 4.79 Å². The Kier molecular flexibility index (Phi) is 6.56. The van der Waals surface area contributed by atoms with Crippen LogP contribution in [0.15, 0.2) is 24.3 Å². The topological polar surface area (TPSA) is 70.2 Å². The van der Waals surface area contributed by atoms with Crippen molar-refractivity contribution in [1.29, 1.82) is 0 Å². The number of likely N-dealkylation sites (tertiary alicyclic amines) is 2. The Morgan fingerprint density at radius 1 is 0.938 bits per heavy atom. The predicted molar refractivity (Wildman–Crippen MR) is 122 cm³/mol. The molecule has 2 fully saturated rings. The number of benzene rings is 1. The molecule has 3 aliphatic heterocycles. The molecule has 0 N–H and O–H groups in total. The highest BCUT2D eigenvalue weighted by molar-refractivity contribution is 6.21. The molecule has 1 atom stereocenters. The van der Waals surface area contributed by atoms with E-state index in [0.29, 0.717) is 29.5 Å². The summed E-state index contributed by atoms with van der Waals surface area (Å²) in [6, 6.07) is 7.07. The Morgan fingerprint density at radius 3 is 2.16 bits per heavy atom. The van der Waals surface area contributed by atoms with Crippen molar-refractivity contribution in [2.45, 2.75) is 52.1 Å². The van der Waals surface area contributed by atoms with Crippen molar-refractivity contribution in [1.82, 2.24) is 14.7 Å². The maximum absolute atomic E-state index is 12.6. The summed E-state index contributed by atoms with van der Waals surface area (Å²) >= 11 is 0. The first-order chi connectivity index (χ1) is 15.2. The third-order valence-corrected chi connectivity index (χ3v) is 6.92. The highest BCUT2D eigenvalue weighted by Gasteiger charge is 2.36. The number of carbonyl (C=O) groups excluding carboxylic acids is 3. The van der Waals surface area contributed by atoms with E-state index >= 15 is 0 Å². The predicted octanol–water partition coefficient (Wildman–Crippen LogP) is 3.64. The van der Waals surface area contributed by atoms with Gasteiger partial charge in [0.2, 0.25) is 0 Å². The average molecular weight is 442 g/mol. The Morgan fingerprint density at radius 2 is 1.56 bits per heavy atom. The first kappa shape index (κ1) is 22.8. The Balaban J connectivity index is 1.26. The van der Waals surface area contributed by atoms with Gasteiger partial charge in [0.1, 0.15) is 5.60 Å². The lowest BCUT2D eigenvalue weighted by molar-refractivity contribution is 0.0125. The summed E-state index contributed by atoms with van der Waals surface area (Å²) in [5.74, 6) is 0.866. The van der Waals surface area contributed by atoms with Crippen LogP contribution in [0, 0.1) is 11.8 Å². The van der Waals surface area contributed by atoms with Crippen molar-refractivity contribution < 1.29 is 19.1 Å². The van der Waals surface area contributed by atoms with Gasteiger partial charge < -0.3 is 14.5 Å². The van der Waals surface area contributed by atoms with Crippen LogP contribution in [0.4, 0.5) is 4.79 Å². The molecule has 174 valence electrons. The van der Waals surface area contributed by atoms with Crippen molar-refractivity contribution in [3.8, 4) is 0 Å². The van der Waals surface area contributed by atoms with Gasteiger partial charge in [-0.1, -0.05) is 12.1 Å². The van der Waals surface area contributed by atoms with E-state index in [2.05, 4.69) is 4.90 Å². The average Bonchev–Trinajstić information content (AvgIpc) is 3.01.